The molecule has 0 bridgehead atoms. The summed E-state index contributed by atoms with van der Waals surface area (Å²) >= 11 is 0. The Kier molecular flexibility index (Phi) is 7.00. The fourth-order valence-corrected chi connectivity index (χ4v) is 3.08. The number of Topliss-reactive ketones (excluding diaryl/α,β-unsaturated/α-hetero) is 3. The number of carbonyl (C=O) groups excluding carboxylic acids is 4. The van der Waals surface area contributed by atoms with Gasteiger partial charge in [0.1, 0.15) is 5.92 Å². The number of rotatable bonds is 8. The van der Waals surface area contributed by atoms with Gasteiger partial charge in [-0.05, 0) is 24.3 Å². The van der Waals surface area contributed by atoms with Crippen molar-refractivity contribution in [1.82, 2.24) is 0 Å². The molecule has 0 aromatic carbocycles. The normalized spacial score (nSPS) is 27.3. The molecular weight excluding hydrogens is 320 g/mol. The van der Waals surface area contributed by atoms with Crippen LogP contribution in [0.5, 0.6) is 0 Å². The van der Waals surface area contributed by atoms with Crippen LogP contribution in [0.2, 0.25) is 0 Å². The molecule has 1 rings (SSSR count). The van der Waals surface area contributed by atoms with E-state index in [0.29, 0.717) is 6.42 Å². The van der Waals surface area contributed by atoms with Crippen LogP contribution in [-0.2, 0) is 19.2 Å². The van der Waals surface area contributed by atoms with E-state index in [4.69, 9.17) is 0 Å². The Bertz CT molecular complexity index is 585. The molecule has 0 aliphatic heterocycles. The third kappa shape index (κ3) is 4.32. The summed E-state index contributed by atoms with van der Waals surface area (Å²) in [6.45, 7) is 10.8. The number of ketones is 4. The highest BCUT2D eigenvalue weighted by atomic mass is 16.3. The minimum atomic E-state index is -2.42. The van der Waals surface area contributed by atoms with Crippen LogP contribution < -0.4 is 0 Å². The number of hydrogen-bond acceptors (Lipinski definition) is 5. The van der Waals surface area contributed by atoms with E-state index < -0.39 is 46.5 Å². The monoisotopic (exact) mass is 350 g/mol. The summed E-state index contributed by atoms with van der Waals surface area (Å²) in [6.07, 6.45) is 3.53. The summed E-state index contributed by atoms with van der Waals surface area (Å²) in [6, 6.07) is 0. The molecule has 1 aliphatic rings. The summed E-state index contributed by atoms with van der Waals surface area (Å²) in [5, 5.41) is 11.0. The van der Waals surface area contributed by atoms with E-state index in [-0.39, 0.29) is 18.3 Å². The smallest absolute Gasteiger partial charge is 0.196 e. The first kappa shape index (κ1) is 21.4. The lowest BCUT2D eigenvalue weighted by Crippen LogP contribution is -2.49. The van der Waals surface area contributed by atoms with Gasteiger partial charge in [-0.2, -0.15) is 0 Å². The molecule has 0 aromatic rings. The van der Waals surface area contributed by atoms with Crippen LogP contribution in [0.1, 0.15) is 54.4 Å². The van der Waals surface area contributed by atoms with Crippen LogP contribution in [0.3, 0.4) is 0 Å². The van der Waals surface area contributed by atoms with Crippen molar-refractivity contribution in [2.45, 2.75) is 60.0 Å². The third-order valence-corrected chi connectivity index (χ3v) is 4.66. The van der Waals surface area contributed by atoms with Crippen LogP contribution in [0.25, 0.3) is 0 Å². The van der Waals surface area contributed by atoms with E-state index in [1.165, 1.54) is 6.08 Å². The van der Waals surface area contributed by atoms with Crippen molar-refractivity contribution in [1.29, 1.82) is 0 Å². The Hall–Kier alpha value is -1.62. The van der Waals surface area contributed by atoms with Crippen molar-refractivity contribution < 1.29 is 24.3 Å². The Morgan fingerprint density at radius 3 is 2.12 bits per heavy atom. The first-order valence-corrected chi connectivity index (χ1v) is 9.01. The molecule has 0 spiro atoms. The Morgan fingerprint density at radius 2 is 1.68 bits per heavy atom. The maximum atomic E-state index is 12.8. The largest absolute Gasteiger partial charge is 0.374 e. The van der Waals surface area contributed by atoms with E-state index in [1.807, 2.05) is 27.7 Å². The molecule has 25 heavy (non-hydrogen) atoms. The van der Waals surface area contributed by atoms with Crippen molar-refractivity contribution in [2.75, 3.05) is 0 Å². The fraction of sp³-hybridized carbons (Fsp3) is 0.700. The maximum absolute atomic E-state index is 12.8. The second-order valence-corrected chi connectivity index (χ2v) is 8.01. The third-order valence-electron chi connectivity index (χ3n) is 4.66. The molecule has 1 N–H and O–H groups in total. The molecule has 1 saturated carbocycles. The first-order valence-electron chi connectivity index (χ1n) is 9.01. The van der Waals surface area contributed by atoms with Crippen LogP contribution in [0.15, 0.2) is 12.2 Å². The van der Waals surface area contributed by atoms with E-state index in [1.54, 1.807) is 19.9 Å². The summed E-state index contributed by atoms with van der Waals surface area (Å²) < 4.78 is 0. The molecule has 1 aliphatic carbocycles. The molecule has 0 heterocycles. The van der Waals surface area contributed by atoms with Gasteiger partial charge in [0, 0.05) is 5.92 Å². The maximum Gasteiger partial charge on any atom is 0.196 e. The predicted octanol–water partition coefficient (Wildman–Crippen LogP) is 2.54. The highest BCUT2D eigenvalue weighted by Crippen LogP contribution is 2.40. The lowest BCUT2D eigenvalue weighted by Gasteiger charge is -2.25. The molecule has 0 aromatic heterocycles. The zero-order valence-corrected chi connectivity index (χ0v) is 16.0. The van der Waals surface area contributed by atoms with Crippen molar-refractivity contribution in [3.8, 4) is 0 Å². The van der Waals surface area contributed by atoms with Gasteiger partial charge >= 0.3 is 0 Å². The topological polar surface area (TPSA) is 88.5 Å². The van der Waals surface area contributed by atoms with Crippen molar-refractivity contribution in [2.24, 2.45) is 29.6 Å². The molecule has 1 fully saturated rings. The lowest BCUT2D eigenvalue weighted by atomic mass is 9.81. The number of carbonyl (C=O) groups is 4. The van der Waals surface area contributed by atoms with Gasteiger partial charge in [0.25, 0.3) is 0 Å². The zero-order valence-electron chi connectivity index (χ0n) is 16.0. The van der Waals surface area contributed by atoms with E-state index in [0.717, 1.165) is 0 Å². The number of allylic oxidation sites excluding steroid dienone is 1. The summed E-state index contributed by atoms with van der Waals surface area (Å²) in [5.41, 5.74) is -2.42. The minimum absolute atomic E-state index is 0.0574. The van der Waals surface area contributed by atoms with Gasteiger partial charge in [-0.15, -0.1) is 0 Å². The molecule has 0 saturated heterocycles. The standard InChI is InChI=1S/C20H30O5/c1-11(2)7-9-14-18(23)16(17(22)13(5)6)19(24)20(14,25)15(21)10-8-12(3)4/h8,10-14,16,25H,7,9H2,1-6H3/b10-8+/t14-,16?,20?/m1/s1. The van der Waals surface area contributed by atoms with Gasteiger partial charge in [0.15, 0.2) is 28.7 Å². The Balaban J connectivity index is 3.32. The average molecular weight is 350 g/mol. The molecular formula is C20H30O5. The van der Waals surface area contributed by atoms with Gasteiger partial charge in [0.2, 0.25) is 0 Å². The summed E-state index contributed by atoms with van der Waals surface area (Å²) in [7, 11) is 0. The second kappa shape index (κ2) is 8.17. The minimum Gasteiger partial charge on any atom is -0.374 e. The zero-order chi connectivity index (χ0) is 19.5. The molecule has 3 atom stereocenters. The van der Waals surface area contributed by atoms with Crippen molar-refractivity contribution in [3.05, 3.63) is 12.2 Å². The quantitative estimate of drug-likeness (QED) is 0.537. The Labute approximate surface area is 149 Å². The van der Waals surface area contributed by atoms with Gasteiger partial charge in [0.05, 0.1) is 5.92 Å². The summed E-state index contributed by atoms with van der Waals surface area (Å²) in [5.74, 6) is -5.80. The summed E-state index contributed by atoms with van der Waals surface area (Å²) in [4.78, 5) is 50.5. The average Bonchev–Trinajstić information content (AvgIpc) is 2.69. The van der Waals surface area contributed by atoms with Gasteiger partial charge < -0.3 is 5.11 Å². The predicted molar refractivity (Wildman–Crippen MR) is 94.8 cm³/mol. The highest BCUT2D eigenvalue weighted by Gasteiger charge is 2.64. The molecule has 2 unspecified atom stereocenters. The van der Waals surface area contributed by atoms with Crippen LogP contribution in [0, 0.1) is 29.6 Å². The van der Waals surface area contributed by atoms with Crippen molar-refractivity contribution >= 4 is 23.1 Å². The lowest BCUT2D eigenvalue weighted by molar-refractivity contribution is -0.151. The fourth-order valence-electron chi connectivity index (χ4n) is 3.08. The number of aliphatic hydroxyl groups is 1. The van der Waals surface area contributed by atoms with Crippen LogP contribution >= 0.6 is 0 Å². The SMILES string of the molecule is CC(C)/C=C/C(=O)C1(O)C(=O)C(C(=O)C(C)C)C(=O)[C@H]1CCC(C)C. The molecule has 0 radical (unpaired) electrons. The molecule has 0 amide bonds. The highest BCUT2D eigenvalue weighted by molar-refractivity contribution is 6.35. The van der Waals surface area contributed by atoms with Crippen LogP contribution in [0.4, 0.5) is 0 Å². The van der Waals surface area contributed by atoms with E-state index in [9.17, 15) is 24.3 Å². The second-order valence-electron chi connectivity index (χ2n) is 8.01. The van der Waals surface area contributed by atoms with E-state index in [2.05, 4.69) is 0 Å². The van der Waals surface area contributed by atoms with Gasteiger partial charge in [-0.25, -0.2) is 0 Å². The van der Waals surface area contributed by atoms with Gasteiger partial charge in [-0.1, -0.05) is 54.0 Å². The Morgan fingerprint density at radius 1 is 1.12 bits per heavy atom. The first-order chi connectivity index (χ1) is 11.4. The molecule has 5 nitrogen and oxygen atoms in total. The van der Waals surface area contributed by atoms with Crippen LogP contribution in [-0.4, -0.2) is 33.8 Å². The van der Waals surface area contributed by atoms with Crippen molar-refractivity contribution in [3.63, 3.8) is 0 Å². The van der Waals surface area contributed by atoms with E-state index >= 15 is 0 Å². The molecule has 5 heteroatoms. The van der Waals surface area contributed by atoms with Gasteiger partial charge in [-0.3, -0.25) is 19.2 Å². The molecule has 140 valence electrons. The number of hydrogen-bond donors (Lipinski definition) is 1.